The van der Waals surface area contributed by atoms with Crippen LogP contribution in [0.3, 0.4) is 0 Å². The summed E-state index contributed by atoms with van der Waals surface area (Å²) in [4.78, 5) is 4.19. The van der Waals surface area contributed by atoms with Gasteiger partial charge in [-0.2, -0.15) is 0 Å². The summed E-state index contributed by atoms with van der Waals surface area (Å²) in [7, 11) is 0. The number of hydrogen-bond donors (Lipinski definition) is 0. The fraction of sp³-hybridized carbons (Fsp3) is 0.500. The third kappa shape index (κ3) is 1.64. The second-order valence-corrected chi connectivity index (χ2v) is 9.27. The lowest BCUT2D eigenvalue weighted by atomic mass is 10.0. The fourth-order valence-corrected chi connectivity index (χ4v) is 5.63. The average Bonchev–Trinajstić information content (AvgIpc) is 2.68. The van der Waals surface area contributed by atoms with Crippen molar-refractivity contribution in [1.82, 2.24) is 0 Å². The highest BCUT2D eigenvalue weighted by atomic mass is 127. The monoisotopic (exact) mass is 364 g/mol. The molecule has 3 rings (SSSR count). The Morgan fingerprint density at radius 1 is 1.56 bits per heavy atom. The van der Waals surface area contributed by atoms with Gasteiger partial charge in [0.2, 0.25) is 0 Å². The van der Waals surface area contributed by atoms with Gasteiger partial charge in [0.1, 0.15) is 5.75 Å². The zero-order valence-corrected chi connectivity index (χ0v) is 13.3. The Morgan fingerprint density at radius 3 is 3.06 bits per heavy atom. The van der Waals surface area contributed by atoms with Gasteiger partial charge < -0.3 is 4.74 Å². The Balaban J connectivity index is 2.18. The Hall–Kier alpha value is 0.320. The largest absolute Gasteiger partial charge is 0.471 e. The summed E-state index contributed by atoms with van der Waals surface area (Å²) in [5.74, 6) is 1.08. The zero-order chi connectivity index (χ0) is 11.5. The normalized spacial score (nSPS) is 32.4. The molecule has 86 valence electrons. The van der Waals surface area contributed by atoms with Gasteiger partial charge in [-0.3, -0.25) is 0 Å². The number of thiophene rings is 1. The molecule has 0 radical (unpaired) electrons. The number of aryl methyl sites for hydroxylation is 1. The van der Waals surface area contributed by atoms with Crippen LogP contribution < -0.4 is 4.74 Å². The maximum absolute atomic E-state index is 6.13. The molecule has 0 aliphatic carbocycles. The molecule has 1 aromatic rings. The number of hydrogen-bond acceptors (Lipinski definition) is 3. The number of thioether (sulfide) groups is 1. The lowest BCUT2D eigenvalue weighted by molar-refractivity contribution is 0.234. The first-order valence-corrected chi connectivity index (χ1v) is 8.14. The van der Waals surface area contributed by atoms with E-state index in [1.165, 1.54) is 20.2 Å². The maximum Gasteiger partial charge on any atom is 0.179 e. The van der Waals surface area contributed by atoms with Crippen molar-refractivity contribution in [3.8, 4) is 5.75 Å². The lowest BCUT2D eigenvalue weighted by Gasteiger charge is -2.30. The van der Waals surface area contributed by atoms with Crippen molar-refractivity contribution in [2.45, 2.75) is 36.0 Å². The second-order valence-electron chi connectivity index (χ2n) is 4.51. The van der Waals surface area contributed by atoms with E-state index in [1.54, 1.807) is 0 Å². The van der Waals surface area contributed by atoms with Crippen LogP contribution in [0.25, 0.3) is 4.91 Å². The SMILES string of the molecule is Cc1cc2c(s1)C1=C(CC(C)S1)C(C)(I)O2. The summed E-state index contributed by atoms with van der Waals surface area (Å²) in [5, 5.41) is 0.691. The number of fused-ring (bicyclic) bond motifs is 2. The van der Waals surface area contributed by atoms with Crippen LogP contribution in [0.4, 0.5) is 0 Å². The third-order valence-corrected chi connectivity index (χ3v) is 6.26. The first kappa shape index (κ1) is 11.4. The van der Waals surface area contributed by atoms with Crippen LogP contribution in [0, 0.1) is 6.92 Å². The molecule has 4 heteroatoms. The van der Waals surface area contributed by atoms with Crippen molar-refractivity contribution < 1.29 is 4.74 Å². The number of ether oxygens (including phenoxy) is 1. The molecular formula is C12H13IOS2. The van der Waals surface area contributed by atoms with Crippen LogP contribution in [-0.4, -0.2) is 8.86 Å². The van der Waals surface area contributed by atoms with Gasteiger partial charge in [-0.25, -0.2) is 0 Å². The minimum absolute atomic E-state index is 0.147. The second kappa shape index (κ2) is 3.65. The van der Waals surface area contributed by atoms with Crippen LogP contribution in [0.1, 0.15) is 30.0 Å². The quantitative estimate of drug-likeness (QED) is 0.481. The Kier molecular flexibility index (Phi) is 2.61. The molecule has 2 atom stereocenters. The highest BCUT2D eigenvalue weighted by Gasteiger charge is 2.42. The van der Waals surface area contributed by atoms with Crippen LogP contribution >= 0.6 is 45.7 Å². The van der Waals surface area contributed by atoms with E-state index in [1.807, 2.05) is 23.1 Å². The molecule has 0 saturated carbocycles. The predicted octanol–water partition coefficient (Wildman–Crippen LogP) is 4.84. The molecule has 16 heavy (non-hydrogen) atoms. The zero-order valence-electron chi connectivity index (χ0n) is 9.46. The lowest BCUT2D eigenvalue weighted by Crippen LogP contribution is -2.29. The molecule has 0 amide bonds. The van der Waals surface area contributed by atoms with Gasteiger partial charge in [-0.1, -0.05) is 6.92 Å². The van der Waals surface area contributed by atoms with E-state index < -0.39 is 0 Å². The van der Waals surface area contributed by atoms with Crippen molar-refractivity contribution in [2.24, 2.45) is 0 Å². The van der Waals surface area contributed by atoms with Crippen molar-refractivity contribution >= 4 is 50.6 Å². The Bertz CT molecular complexity index is 487. The van der Waals surface area contributed by atoms with Gasteiger partial charge in [0.05, 0.1) is 4.88 Å². The molecule has 2 unspecified atom stereocenters. The van der Waals surface area contributed by atoms with E-state index in [9.17, 15) is 0 Å². The smallest absolute Gasteiger partial charge is 0.179 e. The summed E-state index contributed by atoms with van der Waals surface area (Å²) >= 11 is 6.31. The molecule has 1 nitrogen and oxygen atoms in total. The highest BCUT2D eigenvalue weighted by molar-refractivity contribution is 14.1. The first-order valence-electron chi connectivity index (χ1n) is 5.36. The molecule has 3 heterocycles. The summed E-state index contributed by atoms with van der Waals surface area (Å²) in [6, 6.07) is 2.17. The molecule has 1 aromatic heterocycles. The Labute approximate surface area is 118 Å². The summed E-state index contributed by atoms with van der Waals surface area (Å²) in [6.07, 6.45) is 1.16. The van der Waals surface area contributed by atoms with Gasteiger partial charge in [0.25, 0.3) is 0 Å². The minimum Gasteiger partial charge on any atom is -0.471 e. The van der Waals surface area contributed by atoms with E-state index in [-0.39, 0.29) is 3.61 Å². The minimum atomic E-state index is -0.147. The van der Waals surface area contributed by atoms with Gasteiger partial charge >= 0.3 is 0 Å². The van der Waals surface area contributed by atoms with Crippen LogP contribution in [0.5, 0.6) is 5.75 Å². The van der Waals surface area contributed by atoms with Crippen molar-refractivity contribution in [1.29, 1.82) is 0 Å². The van der Waals surface area contributed by atoms with Crippen molar-refractivity contribution in [3.63, 3.8) is 0 Å². The summed E-state index contributed by atoms with van der Waals surface area (Å²) in [5.41, 5.74) is 1.49. The number of halogens is 1. The molecular weight excluding hydrogens is 351 g/mol. The third-order valence-electron chi connectivity index (χ3n) is 2.95. The number of rotatable bonds is 0. The molecule has 0 N–H and O–H groups in total. The Morgan fingerprint density at radius 2 is 2.31 bits per heavy atom. The fourth-order valence-electron chi connectivity index (χ4n) is 2.26. The maximum atomic E-state index is 6.13. The molecule has 0 aromatic carbocycles. The summed E-state index contributed by atoms with van der Waals surface area (Å²) < 4.78 is 5.98. The van der Waals surface area contributed by atoms with Crippen LogP contribution in [-0.2, 0) is 0 Å². The van der Waals surface area contributed by atoms with Gasteiger partial charge in [-0.15, -0.1) is 23.1 Å². The van der Waals surface area contributed by atoms with Crippen molar-refractivity contribution in [2.75, 3.05) is 0 Å². The van der Waals surface area contributed by atoms with Crippen LogP contribution in [0.2, 0.25) is 0 Å². The van der Waals surface area contributed by atoms with Gasteiger partial charge in [0.15, 0.2) is 3.61 Å². The van der Waals surface area contributed by atoms with Gasteiger partial charge in [0, 0.05) is 15.0 Å². The first-order chi connectivity index (χ1) is 7.47. The van der Waals surface area contributed by atoms with E-state index in [0.717, 1.165) is 12.2 Å². The molecule has 0 bridgehead atoms. The standard InChI is InChI=1S/C12H13IOS2/c1-6-4-8-10(15-6)11-9(5-7(2)16-11)14-12(8,3)13/h5-6H,4H2,1-3H3. The van der Waals surface area contributed by atoms with E-state index in [2.05, 4.69) is 49.4 Å². The van der Waals surface area contributed by atoms with Crippen molar-refractivity contribution in [3.05, 3.63) is 21.4 Å². The highest BCUT2D eigenvalue weighted by Crippen LogP contribution is 2.57. The summed E-state index contributed by atoms with van der Waals surface area (Å²) in [6.45, 7) is 6.63. The molecule has 2 aliphatic rings. The predicted molar refractivity (Wildman–Crippen MR) is 80.7 cm³/mol. The van der Waals surface area contributed by atoms with E-state index in [0.29, 0.717) is 5.25 Å². The molecule has 0 saturated heterocycles. The van der Waals surface area contributed by atoms with E-state index in [4.69, 9.17) is 4.74 Å². The average molecular weight is 364 g/mol. The molecule has 0 fully saturated rings. The number of alkyl halides is 1. The molecule has 0 spiro atoms. The van der Waals surface area contributed by atoms with E-state index >= 15 is 0 Å². The van der Waals surface area contributed by atoms with Gasteiger partial charge in [-0.05, 0) is 54.5 Å². The van der Waals surface area contributed by atoms with Crippen LogP contribution in [0.15, 0.2) is 11.6 Å². The topological polar surface area (TPSA) is 9.23 Å². The molecule has 2 aliphatic heterocycles.